The monoisotopic (exact) mass is 305 g/mol. The molecule has 1 aromatic heterocycles. The Labute approximate surface area is 128 Å². The van der Waals surface area contributed by atoms with Crippen molar-refractivity contribution in [2.24, 2.45) is 0 Å². The lowest BCUT2D eigenvalue weighted by Crippen LogP contribution is -2.25. The van der Waals surface area contributed by atoms with E-state index >= 15 is 0 Å². The SMILES string of the molecule is CCCNC(=O)CSc1nnnn1-c1ccc(C)cc1C. The molecule has 2 rings (SSSR count). The summed E-state index contributed by atoms with van der Waals surface area (Å²) in [6.45, 7) is 6.78. The number of carbonyl (C=O) groups is 1. The minimum atomic E-state index is -0.00275. The summed E-state index contributed by atoms with van der Waals surface area (Å²) in [5.74, 6) is 0.308. The summed E-state index contributed by atoms with van der Waals surface area (Å²) in [6, 6.07) is 6.09. The lowest BCUT2D eigenvalue weighted by atomic mass is 10.1. The maximum Gasteiger partial charge on any atom is 0.230 e. The number of aromatic nitrogens is 4. The largest absolute Gasteiger partial charge is 0.355 e. The number of nitrogens with zero attached hydrogens (tertiary/aromatic N) is 4. The second kappa shape index (κ2) is 7.21. The van der Waals surface area contributed by atoms with Crippen molar-refractivity contribution in [3.05, 3.63) is 29.3 Å². The van der Waals surface area contributed by atoms with E-state index in [-0.39, 0.29) is 5.91 Å². The maximum atomic E-state index is 11.6. The number of thioether (sulfide) groups is 1. The molecule has 1 heterocycles. The summed E-state index contributed by atoms with van der Waals surface area (Å²) in [5, 5.41) is 15.2. The van der Waals surface area contributed by atoms with Crippen LogP contribution in [0.25, 0.3) is 5.69 Å². The van der Waals surface area contributed by atoms with E-state index in [9.17, 15) is 4.79 Å². The first-order valence-electron chi connectivity index (χ1n) is 6.87. The van der Waals surface area contributed by atoms with Crippen molar-refractivity contribution in [1.29, 1.82) is 0 Å². The molecule has 0 radical (unpaired) electrons. The molecular weight excluding hydrogens is 286 g/mol. The van der Waals surface area contributed by atoms with Gasteiger partial charge >= 0.3 is 0 Å². The van der Waals surface area contributed by atoms with Crippen LogP contribution in [-0.4, -0.2) is 38.4 Å². The maximum absolute atomic E-state index is 11.6. The van der Waals surface area contributed by atoms with Gasteiger partial charge in [0.1, 0.15) is 0 Å². The molecule has 0 aliphatic heterocycles. The Balaban J connectivity index is 2.10. The highest BCUT2D eigenvalue weighted by molar-refractivity contribution is 7.99. The van der Waals surface area contributed by atoms with Crippen molar-refractivity contribution in [2.75, 3.05) is 12.3 Å². The van der Waals surface area contributed by atoms with Gasteiger partial charge in [0.25, 0.3) is 0 Å². The van der Waals surface area contributed by atoms with Crippen molar-refractivity contribution >= 4 is 17.7 Å². The van der Waals surface area contributed by atoms with Gasteiger partial charge in [0.2, 0.25) is 11.1 Å². The van der Waals surface area contributed by atoms with Gasteiger partial charge in [-0.05, 0) is 42.3 Å². The summed E-state index contributed by atoms with van der Waals surface area (Å²) in [7, 11) is 0. The van der Waals surface area contributed by atoms with Gasteiger partial charge in [0.05, 0.1) is 11.4 Å². The van der Waals surface area contributed by atoms with Gasteiger partial charge in [-0.3, -0.25) is 4.79 Å². The van der Waals surface area contributed by atoms with Crippen LogP contribution in [0.2, 0.25) is 0 Å². The van der Waals surface area contributed by atoms with E-state index in [1.807, 2.05) is 32.9 Å². The van der Waals surface area contributed by atoms with E-state index in [1.165, 1.54) is 17.3 Å². The Kier molecular flexibility index (Phi) is 5.32. The lowest BCUT2D eigenvalue weighted by Gasteiger charge is -2.08. The number of aryl methyl sites for hydroxylation is 2. The zero-order valence-electron chi connectivity index (χ0n) is 12.5. The lowest BCUT2D eigenvalue weighted by molar-refractivity contribution is -0.118. The Morgan fingerprint density at radius 3 is 2.90 bits per heavy atom. The average molecular weight is 305 g/mol. The second-order valence-electron chi connectivity index (χ2n) is 4.80. The molecule has 1 aromatic carbocycles. The fourth-order valence-electron chi connectivity index (χ4n) is 1.91. The van der Waals surface area contributed by atoms with Gasteiger partial charge in [0, 0.05) is 6.54 Å². The first-order chi connectivity index (χ1) is 10.1. The Bertz CT molecular complexity index is 626. The Hall–Kier alpha value is -1.89. The molecular formula is C14H19N5OS. The first-order valence-corrected chi connectivity index (χ1v) is 7.86. The summed E-state index contributed by atoms with van der Waals surface area (Å²) in [4.78, 5) is 11.6. The Morgan fingerprint density at radius 2 is 2.19 bits per heavy atom. The third-order valence-electron chi connectivity index (χ3n) is 2.93. The Morgan fingerprint density at radius 1 is 1.38 bits per heavy atom. The van der Waals surface area contributed by atoms with Crippen molar-refractivity contribution in [3.63, 3.8) is 0 Å². The van der Waals surface area contributed by atoms with Gasteiger partial charge in [-0.2, -0.15) is 4.68 Å². The van der Waals surface area contributed by atoms with Gasteiger partial charge in [-0.1, -0.05) is 36.4 Å². The molecule has 0 unspecified atom stereocenters. The highest BCUT2D eigenvalue weighted by Gasteiger charge is 2.12. The van der Waals surface area contributed by atoms with Crippen molar-refractivity contribution in [1.82, 2.24) is 25.5 Å². The average Bonchev–Trinajstić information content (AvgIpc) is 2.91. The van der Waals surface area contributed by atoms with E-state index in [1.54, 1.807) is 4.68 Å². The molecule has 0 bridgehead atoms. The van der Waals surface area contributed by atoms with Gasteiger partial charge in [-0.15, -0.1) is 5.10 Å². The molecule has 7 heteroatoms. The third-order valence-corrected chi connectivity index (χ3v) is 3.85. The standard InChI is InChI=1S/C14H19N5OS/c1-4-7-15-13(20)9-21-14-16-17-18-19(14)12-6-5-10(2)8-11(12)3/h5-6,8H,4,7,9H2,1-3H3,(H,15,20). The molecule has 6 nitrogen and oxygen atoms in total. The minimum Gasteiger partial charge on any atom is -0.355 e. The molecule has 0 saturated carbocycles. The highest BCUT2D eigenvalue weighted by atomic mass is 32.2. The van der Waals surface area contributed by atoms with E-state index in [4.69, 9.17) is 0 Å². The normalized spacial score (nSPS) is 10.6. The number of benzene rings is 1. The van der Waals surface area contributed by atoms with E-state index in [2.05, 4.69) is 26.9 Å². The van der Waals surface area contributed by atoms with Crippen LogP contribution >= 0.6 is 11.8 Å². The molecule has 2 aromatic rings. The number of rotatable bonds is 6. The molecule has 1 amide bonds. The van der Waals surface area contributed by atoms with Crippen molar-refractivity contribution in [2.45, 2.75) is 32.3 Å². The fraction of sp³-hybridized carbons (Fsp3) is 0.429. The highest BCUT2D eigenvalue weighted by Crippen LogP contribution is 2.21. The van der Waals surface area contributed by atoms with Gasteiger partial charge < -0.3 is 5.32 Å². The molecule has 0 aliphatic rings. The van der Waals surface area contributed by atoms with E-state index in [0.29, 0.717) is 17.5 Å². The van der Waals surface area contributed by atoms with Gasteiger partial charge in [-0.25, -0.2) is 0 Å². The first kappa shape index (κ1) is 15.5. The predicted octanol–water partition coefficient (Wildman–Crippen LogP) is 1.90. The van der Waals surface area contributed by atoms with Crippen LogP contribution in [0.5, 0.6) is 0 Å². The van der Waals surface area contributed by atoms with Crippen LogP contribution in [0, 0.1) is 13.8 Å². The van der Waals surface area contributed by atoms with Crippen LogP contribution in [0.1, 0.15) is 24.5 Å². The molecule has 0 spiro atoms. The zero-order valence-corrected chi connectivity index (χ0v) is 13.3. The zero-order chi connectivity index (χ0) is 15.2. The summed E-state index contributed by atoms with van der Waals surface area (Å²) < 4.78 is 1.67. The van der Waals surface area contributed by atoms with Crippen LogP contribution in [0.4, 0.5) is 0 Å². The van der Waals surface area contributed by atoms with Crippen molar-refractivity contribution < 1.29 is 4.79 Å². The number of carbonyl (C=O) groups excluding carboxylic acids is 1. The van der Waals surface area contributed by atoms with Crippen LogP contribution in [-0.2, 0) is 4.79 Å². The predicted molar refractivity (Wildman–Crippen MR) is 82.7 cm³/mol. The molecule has 21 heavy (non-hydrogen) atoms. The van der Waals surface area contributed by atoms with Crippen LogP contribution in [0.15, 0.2) is 23.4 Å². The third kappa shape index (κ3) is 4.04. The molecule has 0 aliphatic carbocycles. The number of hydrogen-bond acceptors (Lipinski definition) is 5. The molecule has 112 valence electrons. The van der Waals surface area contributed by atoms with E-state index < -0.39 is 0 Å². The minimum absolute atomic E-state index is 0.00275. The number of amides is 1. The van der Waals surface area contributed by atoms with Crippen molar-refractivity contribution in [3.8, 4) is 5.69 Å². The summed E-state index contributed by atoms with van der Waals surface area (Å²) in [6.07, 6.45) is 0.927. The topological polar surface area (TPSA) is 72.7 Å². The second-order valence-corrected chi connectivity index (χ2v) is 5.74. The number of tetrazole rings is 1. The summed E-state index contributed by atoms with van der Waals surface area (Å²) >= 11 is 1.33. The molecule has 0 fully saturated rings. The molecule has 0 atom stereocenters. The quantitative estimate of drug-likeness (QED) is 0.825. The fourth-order valence-corrected chi connectivity index (χ4v) is 2.62. The number of hydrogen-bond donors (Lipinski definition) is 1. The number of nitrogens with one attached hydrogen (secondary N) is 1. The van der Waals surface area contributed by atoms with Crippen LogP contribution < -0.4 is 5.32 Å². The van der Waals surface area contributed by atoms with Crippen LogP contribution in [0.3, 0.4) is 0 Å². The smallest absolute Gasteiger partial charge is 0.230 e. The summed E-state index contributed by atoms with van der Waals surface area (Å²) in [5.41, 5.74) is 3.22. The van der Waals surface area contributed by atoms with E-state index in [0.717, 1.165) is 17.7 Å². The molecule has 0 saturated heterocycles. The van der Waals surface area contributed by atoms with Gasteiger partial charge in [0.15, 0.2) is 0 Å². The molecule has 1 N–H and O–H groups in total.